The van der Waals surface area contributed by atoms with Crippen molar-refractivity contribution in [1.82, 2.24) is 0 Å². The lowest BCUT2D eigenvalue weighted by atomic mass is 10.1. The van der Waals surface area contributed by atoms with Crippen LogP contribution in [0, 0.1) is 20.8 Å². The fourth-order valence-corrected chi connectivity index (χ4v) is 2.46. The molecule has 0 spiro atoms. The molecule has 5 nitrogen and oxygen atoms in total. The Bertz CT molecular complexity index is 815. The normalized spacial score (nSPS) is 11.6. The number of amides is 2. The van der Waals surface area contributed by atoms with E-state index < -0.39 is 6.10 Å². The molecule has 1 unspecified atom stereocenters. The number of anilines is 2. The van der Waals surface area contributed by atoms with Gasteiger partial charge in [0.15, 0.2) is 6.10 Å². The van der Waals surface area contributed by atoms with Crippen LogP contribution >= 0.6 is 0 Å². The third-order valence-electron chi connectivity index (χ3n) is 4.20. The predicted molar refractivity (Wildman–Crippen MR) is 105 cm³/mol. The second kappa shape index (κ2) is 8.52. The summed E-state index contributed by atoms with van der Waals surface area (Å²) >= 11 is 0. The second-order valence-corrected chi connectivity index (χ2v) is 6.40. The van der Waals surface area contributed by atoms with Gasteiger partial charge in [-0.2, -0.15) is 0 Å². The number of benzene rings is 2. The van der Waals surface area contributed by atoms with E-state index in [1.807, 2.05) is 45.0 Å². The van der Waals surface area contributed by atoms with Crippen molar-refractivity contribution in [1.29, 1.82) is 0 Å². The maximum absolute atomic E-state index is 12.5. The summed E-state index contributed by atoms with van der Waals surface area (Å²) in [6.07, 6.45) is -0.250. The van der Waals surface area contributed by atoms with Crippen LogP contribution in [0.3, 0.4) is 0 Å². The molecule has 26 heavy (non-hydrogen) atoms. The highest BCUT2D eigenvalue weighted by Crippen LogP contribution is 2.25. The van der Waals surface area contributed by atoms with Gasteiger partial charge in [-0.25, -0.2) is 0 Å². The van der Waals surface area contributed by atoms with Gasteiger partial charge in [-0.15, -0.1) is 0 Å². The zero-order valence-electron chi connectivity index (χ0n) is 16.0. The van der Waals surface area contributed by atoms with Crippen molar-refractivity contribution >= 4 is 23.2 Å². The topological polar surface area (TPSA) is 67.4 Å². The van der Waals surface area contributed by atoms with Gasteiger partial charge in [-0.3, -0.25) is 9.59 Å². The number of hydrogen-bond donors (Lipinski definition) is 2. The first-order chi connectivity index (χ1) is 12.3. The van der Waals surface area contributed by atoms with Gasteiger partial charge in [0.2, 0.25) is 5.91 Å². The molecule has 1 atom stereocenters. The SMILES string of the molecule is CCC(=O)Nc1cccc(NC(=O)C(C)Oc2cc(C)ccc2C)c1C. The van der Waals surface area contributed by atoms with E-state index in [-0.39, 0.29) is 11.8 Å². The summed E-state index contributed by atoms with van der Waals surface area (Å²) in [6.45, 7) is 9.30. The quantitative estimate of drug-likeness (QED) is 0.809. The molecule has 2 aromatic rings. The number of hydrogen-bond acceptors (Lipinski definition) is 3. The van der Waals surface area contributed by atoms with Crippen LogP contribution in [0.2, 0.25) is 0 Å². The molecule has 2 aromatic carbocycles. The molecule has 0 heterocycles. The minimum Gasteiger partial charge on any atom is -0.481 e. The summed E-state index contributed by atoms with van der Waals surface area (Å²) in [7, 11) is 0. The average Bonchev–Trinajstić information content (AvgIpc) is 2.61. The molecule has 0 radical (unpaired) electrons. The largest absolute Gasteiger partial charge is 0.481 e. The number of rotatable bonds is 6. The van der Waals surface area contributed by atoms with Crippen LogP contribution in [0.5, 0.6) is 5.75 Å². The molecule has 0 bridgehead atoms. The van der Waals surface area contributed by atoms with Crippen molar-refractivity contribution in [2.75, 3.05) is 10.6 Å². The molecule has 0 fully saturated rings. The first-order valence-corrected chi connectivity index (χ1v) is 8.76. The summed E-state index contributed by atoms with van der Waals surface area (Å²) in [5.41, 5.74) is 4.21. The van der Waals surface area contributed by atoms with Crippen molar-refractivity contribution in [2.45, 2.75) is 47.1 Å². The van der Waals surface area contributed by atoms with Gasteiger partial charge in [-0.05, 0) is 62.6 Å². The minimum absolute atomic E-state index is 0.0665. The van der Waals surface area contributed by atoms with E-state index in [0.29, 0.717) is 23.5 Å². The highest BCUT2D eigenvalue weighted by molar-refractivity contribution is 5.97. The van der Waals surface area contributed by atoms with E-state index in [0.717, 1.165) is 16.7 Å². The van der Waals surface area contributed by atoms with Crippen molar-refractivity contribution in [3.05, 3.63) is 53.1 Å². The molecule has 0 aliphatic carbocycles. The first-order valence-electron chi connectivity index (χ1n) is 8.76. The molecule has 5 heteroatoms. The number of nitrogens with one attached hydrogen (secondary N) is 2. The van der Waals surface area contributed by atoms with Crippen LogP contribution in [0.4, 0.5) is 11.4 Å². The molecule has 0 saturated heterocycles. The van der Waals surface area contributed by atoms with Crippen molar-refractivity contribution in [2.24, 2.45) is 0 Å². The molecular weight excluding hydrogens is 328 g/mol. The molecule has 0 saturated carbocycles. The second-order valence-electron chi connectivity index (χ2n) is 6.40. The summed E-state index contributed by atoms with van der Waals surface area (Å²) in [5, 5.41) is 5.72. The van der Waals surface area contributed by atoms with Crippen LogP contribution in [-0.4, -0.2) is 17.9 Å². The Morgan fingerprint density at radius 3 is 2.35 bits per heavy atom. The monoisotopic (exact) mass is 354 g/mol. The van der Waals surface area contributed by atoms with Gasteiger partial charge in [0.1, 0.15) is 5.75 Å². The average molecular weight is 354 g/mol. The van der Waals surface area contributed by atoms with Gasteiger partial charge in [0, 0.05) is 17.8 Å². The summed E-state index contributed by atoms with van der Waals surface area (Å²) in [6, 6.07) is 11.3. The maximum atomic E-state index is 12.5. The Kier molecular flexibility index (Phi) is 6.39. The minimum atomic E-state index is -0.649. The zero-order chi connectivity index (χ0) is 19.3. The zero-order valence-corrected chi connectivity index (χ0v) is 16.0. The van der Waals surface area contributed by atoms with E-state index in [9.17, 15) is 9.59 Å². The molecule has 0 aliphatic rings. The lowest BCUT2D eigenvalue weighted by Gasteiger charge is -2.18. The predicted octanol–water partition coefficient (Wildman–Crippen LogP) is 4.37. The van der Waals surface area contributed by atoms with Crippen LogP contribution < -0.4 is 15.4 Å². The van der Waals surface area contributed by atoms with Gasteiger partial charge in [0.05, 0.1) is 0 Å². The van der Waals surface area contributed by atoms with Gasteiger partial charge < -0.3 is 15.4 Å². The fraction of sp³-hybridized carbons (Fsp3) is 0.333. The molecule has 138 valence electrons. The molecule has 2 rings (SSSR count). The van der Waals surface area contributed by atoms with Crippen LogP contribution in [-0.2, 0) is 9.59 Å². The third-order valence-corrected chi connectivity index (χ3v) is 4.20. The standard InChI is InChI=1S/C21H26N2O3/c1-6-20(24)22-17-8-7-9-18(15(17)4)23-21(25)16(5)26-19-12-13(2)10-11-14(19)3/h7-12,16H,6H2,1-5H3,(H,22,24)(H,23,25). The fourth-order valence-electron chi connectivity index (χ4n) is 2.46. The van der Waals surface area contributed by atoms with Gasteiger partial charge >= 0.3 is 0 Å². The number of aryl methyl sites for hydroxylation is 2. The molecular formula is C21H26N2O3. The van der Waals surface area contributed by atoms with Crippen LogP contribution in [0.25, 0.3) is 0 Å². The van der Waals surface area contributed by atoms with Crippen LogP contribution in [0.1, 0.15) is 37.0 Å². The number of carbonyl (C=O) groups is 2. The first kappa shape index (κ1) is 19.5. The van der Waals surface area contributed by atoms with E-state index in [2.05, 4.69) is 10.6 Å². The Hall–Kier alpha value is -2.82. The summed E-state index contributed by atoms with van der Waals surface area (Å²) in [5.74, 6) is 0.393. The Balaban J connectivity index is 2.10. The summed E-state index contributed by atoms with van der Waals surface area (Å²) < 4.78 is 5.83. The van der Waals surface area contributed by atoms with E-state index in [4.69, 9.17) is 4.74 Å². The van der Waals surface area contributed by atoms with Crippen LogP contribution in [0.15, 0.2) is 36.4 Å². The van der Waals surface area contributed by atoms with E-state index >= 15 is 0 Å². The molecule has 2 amide bonds. The number of ether oxygens (including phenoxy) is 1. The Morgan fingerprint density at radius 1 is 1.04 bits per heavy atom. The highest BCUT2D eigenvalue weighted by atomic mass is 16.5. The van der Waals surface area contributed by atoms with Gasteiger partial charge in [0.25, 0.3) is 5.91 Å². The highest BCUT2D eigenvalue weighted by Gasteiger charge is 2.17. The third kappa shape index (κ3) is 4.85. The van der Waals surface area contributed by atoms with Gasteiger partial charge in [-0.1, -0.05) is 25.1 Å². The van der Waals surface area contributed by atoms with Crippen molar-refractivity contribution < 1.29 is 14.3 Å². The summed E-state index contributed by atoms with van der Waals surface area (Å²) in [4.78, 5) is 24.2. The Labute approximate surface area is 154 Å². The van der Waals surface area contributed by atoms with Crippen molar-refractivity contribution in [3.8, 4) is 5.75 Å². The van der Waals surface area contributed by atoms with E-state index in [1.165, 1.54) is 0 Å². The van der Waals surface area contributed by atoms with Crippen molar-refractivity contribution in [3.63, 3.8) is 0 Å². The molecule has 0 aromatic heterocycles. The lowest BCUT2D eigenvalue weighted by molar-refractivity contribution is -0.122. The Morgan fingerprint density at radius 2 is 1.69 bits per heavy atom. The maximum Gasteiger partial charge on any atom is 0.265 e. The number of carbonyl (C=O) groups excluding carboxylic acids is 2. The van der Waals surface area contributed by atoms with E-state index in [1.54, 1.807) is 26.0 Å². The lowest BCUT2D eigenvalue weighted by Crippen LogP contribution is -2.30. The molecule has 2 N–H and O–H groups in total. The molecule has 0 aliphatic heterocycles. The smallest absolute Gasteiger partial charge is 0.265 e.